The molecule has 47 heavy (non-hydrogen) atoms. The van der Waals surface area contributed by atoms with Crippen LogP contribution in [0.2, 0.25) is 5.02 Å². The maximum Gasteiger partial charge on any atom is 0.264 e. The average molecular weight is 682 g/mol. The molecule has 0 radical (unpaired) electrons. The summed E-state index contributed by atoms with van der Waals surface area (Å²) in [4.78, 5) is 19.9. The topological polar surface area (TPSA) is 109 Å². The fraction of sp³-hybridized carbons (Fsp3) is 0.444. The van der Waals surface area contributed by atoms with Gasteiger partial charge in [0.05, 0.1) is 10.9 Å². The number of allylic oxidation sites excluding steroid dienone is 1. The third-order valence-corrected chi connectivity index (χ3v) is 12.4. The molecule has 6 rings (SSSR count). The minimum atomic E-state index is -4.06. The Bertz CT molecular complexity index is 1790. The Labute approximate surface area is 281 Å². The first kappa shape index (κ1) is 33.4. The van der Waals surface area contributed by atoms with Crippen molar-refractivity contribution in [2.75, 3.05) is 18.0 Å². The predicted octanol–water partition coefficient (Wildman–Crippen LogP) is 6.55. The molecule has 2 bridgehead atoms. The highest BCUT2D eigenvalue weighted by Gasteiger charge is 2.49. The molecule has 3 aromatic rings. The molecule has 11 heteroatoms. The quantitative estimate of drug-likeness (QED) is 0.280. The first-order valence-electron chi connectivity index (χ1n) is 16.3. The predicted molar refractivity (Wildman–Crippen MR) is 180 cm³/mol. The van der Waals surface area contributed by atoms with Crippen molar-refractivity contribution in [3.8, 4) is 5.75 Å². The van der Waals surface area contributed by atoms with Gasteiger partial charge in [-0.2, -0.15) is 0 Å². The van der Waals surface area contributed by atoms with E-state index in [1.54, 1.807) is 44.2 Å². The van der Waals surface area contributed by atoms with Crippen molar-refractivity contribution in [3.63, 3.8) is 0 Å². The lowest BCUT2D eigenvalue weighted by Gasteiger charge is -2.48. The summed E-state index contributed by atoms with van der Waals surface area (Å²) in [5.41, 5.74) is 1.27. The second-order valence-corrected chi connectivity index (χ2v) is 15.7. The summed E-state index contributed by atoms with van der Waals surface area (Å²) in [6.45, 7) is 4.76. The number of pyridine rings is 1. The third-order valence-electron chi connectivity index (χ3n) is 10.2. The number of rotatable bonds is 1. The third kappa shape index (κ3) is 6.91. The highest BCUT2D eigenvalue weighted by molar-refractivity contribution is 7.90. The number of ether oxygens (including phenoxy) is 1. The van der Waals surface area contributed by atoms with Gasteiger partial charge >= 0.3 is 0 Å². The van der Waals surface area contributed by atoms with Gasteiger partial charge in [-0.15, -0.1) is 0 Å². The normalized spacial score (nSPS) is 28.7. The standard InChI is InChI=1S/C36H41ClFN3O5S/c1-23-7-5-16-36(43,34-31(38)9-6-17-39-34)30-14-11-27(30)21-41-18-4-3-8-25-19-29(37)13-10-28(25)22-46-33-15-12-26(20-32(33)41)35(42)40-47(44,45)24(23)2/h5-6,9-10,12-13,15-17,19-20,23-24,27,30,43H,3-4,7-8,11,14,18,21-22H2,1-2H3,(H,40,42)/b16-5+/t23-,24+,27-,30+,36-/m0/s1. The van der Waals surface area contributed by atoms with Crippen molar-refractivity contribution in [3.05, 3.63) is 100 Å². The molecule has 5 atom stereocenters. The molecule has 3 aliphatic rings. The Kier molecular flexibility index (Phi) is 9.65. The highest BCUT2D eigenvalue weighted by atomic mass is 35.5. The Morgan fingerprint density at radius 1 is 1.11 bits per heavy atom. The molecule has 1 saturated carbocycles. The number of fused-ring (bicyclic) bond motifs is 3. The smallest absolute Gasteiger partial charge is 0.264 e. The van der Waals surface area contributed by atoms with E-state index in [4.69, 9.17) is 16.3 Å². The molecule has 2 N–H and O–H groups in total. The molecule has 2 aromatic carbocycles. The number of hydrogen-bond acceptors (Lipinski definition) is 7. The molecule has 1 aromatic heterocycles. The van der Waals surface area contributed by atoms with E-state index >= 15 is 4.39 Å². The Morgan fingerprint density at radius 2 is 1.94 bits per heavy atom. The van der Waals surface area contributed by atoms with Crippen LogP contribution in [-0.4, -0.2) is 42.8 Å². The van der Waals surface area contributed by atoms with Crippen molar-refractivity contribution in [2.24, 2.45) is 17.8 Å². The molecular weight excluding hydrogens is 641 g/mol. The van der Waals surface area contributed by atoms with Crippen LogP contribution in [0.5, 0.6) is 5.75 Å². The molecule has 0 saturated heterocycles. The lowest BCUT2D eigenvalue weighted by molar-refractivity contribution is -0.0551. The number of nitrogens with one attached hydrogen (secondary N) is 1. The Balaban J connectivity index is 1.44. The lowest BCUT2D eigenvalue weighted by Crippen LogP contribution is -2.49. The van der Waals surface area contributed by atoms with E-state index in [0.717, 1.165) is 36.8 Å². The molecule has 3 heterocycles. The van der Waals surface area contributed by atoms with E-state index in [9.17, 15) is 18.3 Å². The van der Waals surface area contributed by atoms with Crippen molar-refractivity contribution >= 4 is 33.2 Å². The summed E-state index contributed by atoms with van der Waals surface area (Å²) in [5, 5.41) is 12.0. The fourth-order valence-electron chi connectivity index (χ4n) is 7.03. The second kappa shape index (κ2) is 13.6. The monoisotopic (exact) mass is 681 g/mol. The Morgan fingerprint density at radius 3 is 2.70 bits per heavy atom. The zero-order valence-electron chi connectivity index (χ0n) is 26.7. The number of amides is 1. The molecule has 0 spiro atoms. The first-order valence-corrected chi connectivity index (χ1v) is 18.2. The number of sulfonamides is 1. The maximum absolute atomic E-state index is 15.3. The van der Waals surface area contributed by atoms with Crippen LogP contribution in [0.15, 0.2) is 66.9 Å². The lowest BCUT2D eigenvalue weighted by atomic mass is 9.63. The number of aryl methyl sites for hydroxylation is 1. The molecule has 1 fully saturated rings. The van der Waals surface area contributed by atoms with Gasteiger partial charge in [-0.05, 0) is 111 Å². The second-order valence-electron chi connectivity index (χ2n) is 13.2. The Hall–Kier alpha value is -3.47. The number of carbonyl (C=O) groups is 1. The first-order chi connectivity index (χ1) is 22.5. The summed E-state index contributed by atoms with van der Waals surface area (Å²) >= 11 is 6.33. The zero-order valence-corrected chi connectivity index (χ0v) is 28.2. The van der Waals surface area contributed by atoms with Gasteiger partial charge in [-0.1, -0.05) is 36.7 Å². The van der Waals surface area contributed by atoms with Gasteiger partial charge in [0, 0.05) is 35.8 Å². The van der Waals surface area contributed by atoms with Gasteiger partial charge in [0.2, 0.25) is 10.0 Å². The van der Waals surface area contributed by atoms with Gasteiger partial charge < -0.3 is 14.7 Å². The zero-order chi connectivity index (χ0) is 33.3. The number of nitrogens with zero attached hydrogens (tertiary/aromatic N) is 2. The van der Waals surface area contributed by atoms with Gasteiger partial charge in [-0.25, -0.2) is 17.5 Å². The van der Waals surface area contributed by atoms with Gasteiger partial charge in [-0.3, -0.25) is 9.78 Å². The molecule has 1 aliphatic carbocycles. The number of benzene rings is 2. The van der Waals surface area contributed by atoms with Crippen molar-refractivity contribution in [2.45, 2.75) is 69.8 Å². The maximum atomic E-state index is 15.3. The minimum absolute atomic E-state index is 0.0258. The van der Waals surface area contributed by atoms with Crippen LogP contribution in [0.3, 0.4) is 0 Å². The van der Waals surface area contributed by atoms with Crippen LogP contribution >= 0.6 is 11.6 Å². The minimum Gasteiger partial charge on any atom is -0.487 e. The molecule has 8 nitrogen and oxygen atoms in total. The highest BCUT2D eigenvalue weighted by Crippen LogP contribution is 2.49. The van der Waals surface area contributed by atoms with Gasteiger partial charge in [0.15, 0.2) is 0 Å². The molecule has 1 amide bonds. The van der Waals surface area contributed by atoms with Gasteiger partial charge in [0.25, 0.3) is 5.91 Å². The summed E-state index contributed by atoms with van der Waals surface area (Å²) in [6, 6.07) is 13.6. The van der Waals surface area contributed by atoms with E-state index in [0.29, 0.717) is 42.4 Å². The summed E-state index contributed by atoms with van der Waals surface area (Å²) in [5.74, 6) is -1.52. The average Bonchev–Trinajstić information content (AvgIpc) is 3.05. The molecular formula is C36H41ClFN3O5S. The summed E-state index contributed by atoms with van der Waals surface area (Å²) in [6.07, 6.45) is 9.09. The number of aliphatic hydroxyl groups is 1. The summed E-state index contributed by atoms with van der Waals surface area (Å²) in [7, 11) is -4.06. The van der Waals surface area contributed by atoms with E-state index in [1.165, 1.54) is 18.3 Å². The van der Waals surface area contributed by atoms with Crippen molar-refractivity contribution < 1.29 is 27.4 Å². The molecule has 0 unspecified atom stereocenters. The van der Waals surface area contributed by atoms with Crippen LogP contribution < -0.4 is 14.4 Å². The van der Waals surface area contributed by atoms with E-state index < -0.39 is 38.5 Å². The van der Waals surface area contributed by atoms with Crippen LogP contribution in [0.25, 0.3) is 0 Å². The van der Waals surface area contributed by atoms with Crippen LogP contribution in [0.1, 0.15) is 73.1 Å². The van der Waals surface area contributed by atoms with Crippen LogP contribution in [-0.2, 0) is 28.7 Å². The molecule has 250 valence electrons. The van der Waals surface area contributed by atoms with E-state index in [2.05, 4.69) is 14.6 Å². The van der Waals surface area contributed by atoms with Crippen molar-refractivity contribution in [1.29, 1.82) is 0 Å². The largest absolute Gasteiger partial charge is 0.487 e. The SMILES string of the molecule is C[C@@H]1[C@@H](C)C/C=C/[C@@](O)(c2ncccc2F)[C@@H]2CC[C@H]2CN2CCCCc3cc(Cl)ccc3COc3ccc(cc32)C(=O)NS1(=O)=O. The number of halogens is 2. The van der Waals surface area contributed by atoms with Crippen molar-refractivity contribution in [1.82, 2.24) is 9.71 Å². The van der Waals surface area contributed by atoms with Crippen LogP contribution in [0, 0.1) is 23.6 Å². The summed E-state index contributed by atoms with van der Waals surface area (Å²) < 4.78 is 50.7. The number of carbonyl (C=O) groups excluding carboxylic acids is 1. The number of aromatic nitrogens is 1. The van der Waals surface area contributed by atoms with Gasteiger partial charge in [0.1, 0.15) is 29.5 Å². The van der Waals surface area contributed by atoms with Crippen LogP contribution in [0.4, 0.5) is 10.1 Å². The van der Waals surface area contributed by atoms with E-state index in [-0.39, 0.29) is 29.7 Å². The van der Waals surface area contributed by atoms with E-state index in [1.807, 2.05) is 18.2 Å². The number of hydrogen-bond donors (Lipinski definition) is 2. The molecule has 2 aliphatic heterocycles. The number of anilines is 1. The fourth-order valence-corrected chi connectivity index (χ4v) is 8.51.